The first kappa shape index (κ1) is 14.1. The Kier molecular flexibility index (Phi) is 5.47. The third-order valence-corrected chi connectivity index (χ3v) is 3.29. The Morgan fingerprint density at radius 3 is 2.42 bits per heavy atom. The number of rotatable bonds is 6. The quantitative estimate of drug-likeness (QED) is 0.769. The summed E-state index contributed by atoms with van der Waals surface area (Å²) in [6.07, 6.45) is -0.542. The standard InChI is InChI=1S/C15H16INO2/c16-12-6-8-15(9-7-12)19-11-14(18)10-17-13-4-2-1-3-5-13/h1-9,14,17-18H,10-11H2. The number of anilines is 1. The summed E-state index contributed by atoms with van der Waals surface area (Å²) < 4.78 is 6.68. The zero-order chi connectivity index (χ0) is 13.5. The molecular weight excluding hydrogens is 353 g/mol. The average molecular weight is 369 g/mol. The second-order valence-electron chi connectivity index (χ2n) is 4.17. The van der Waals surface area contributed by atoms with E-state index in [9.17, 15) is 5.11 Å². The molecule has 0 aliphatic heterocycles. The minimum atomic E-state index is -0.542. The van der Waals surface area contributed by atoms with E-state index in [1.165, 1.54) is 0 Å². The lowest BCUT2D eigenvalue weighted by atomic mass is 10.3. The number of ether oxygens (including phenoxy) is 1. The highest BCUT2D eigenvalue weighted by atomic mass is 127. The summed E-state index contributed by atoms with van der Waals surface area (Å²) in [6, 6.07) is 17.6. The normalized spacial score (nSPS) is 11.9. The zero-order valence-electron chi connectivity index (χ0n) is 10.4. The van der Waals surface area contributed by atoms with Crippen LogP contribution in [0.2, 0.25) is 0 Å². The molecule has 0 amide bonds. The van der Waals surface area contributed by atoms with Crippen LogP contribution in [0.15, 0.2) is 54.6 Å². The monoisotopic (exact) mass is 369 g/mol. The van der Waals surface area contributed by atoms with Crippen LogP contribution in [-0.4, -0.2) is 24.4 Å². The van der Waals surface area contributed by atoms with E-state index in [0.717, 1.165) is 15.0 Å². The fourth-order valence-corrected chi connectivity index (χ4v) is 1.93. The van der Waals surface area contributed by atoms with Gasteiger partial charge in [0, 0.05) is 15.8 Å². The molecule has 0 fully saturated rings. The van der Waals surface area contributed by atoms with E-state index in [1.54, 1.807) is 0 Å². The van der Waals surface area contributed by atoms with E-state index in [0.29, 0.717) is 6.54 Å². The van der Waals surface area contributed by atoms with E-state index in [2.05, 4.69) is 27.9 Å². The molecule has 1 atom stereocenters. The van der Waals surface area contributed by atoms with Gasteiger partial charge in [-0.25, -0.2) is 0 Å². The van der Waals surface area contributed by atoms with E-state index < -0.39 is 6.10 Å². The van der Waals surface area contributed by atoms with Crippen LogP contribution in [0.5, 0.6) is 5.75 Å². The molecule has 0 saturated heterocycles. The van der Waals surface area contributed by atoms with Gasteiger partial charge in [-0.2, -0.15) is 0 Å². The fourth-order valence-electron chi connectivity index (χ4n) is 1.57. The van der Waals surface area contributed by atoms with E-state index in [-0.39, 0.29) is 6.61 Å². The summed E-state index contributed by atoms with van der Waals surface area (Å²) in [7, 11) is 0. The molecule has 19 heavy (non-hydrogen) atoms. The van der Waals surface area contributed by atoms with Crippen LogP contribution in [0.4, 0.5) is 5.69 Å². The molecule has 1 unspecified atom stereocenters. The van der Waals surface area contributed by atoms with Gasteiger partial charge in [0.15, 0.2) is 0 Å². The van der Waals surface area contributed by atoms with Crippen LogP contribution in [0.3, 0.4) is 0 Å². The summed E-state index contributed by atoms with van der Waals surface area (Å²) in [6.45, 7) is 0.745. The Hall–Kier alpha value is -1.27. The first-order chi connectivity index (χ1) is 9.24. The molecule has 0 aromatic heterocycles. The molecule has 3 nitrogen and oxygen atoms in total. The van der Waals surface area contributed by atoms with Gasteiger partial charge in [0.1, 0.15) is 18.5 Å². The van der Waals surface area contributed by atoms with Gasteiger partial charge in [0.05, 0.1) is 0 Å². The lowest BCUT2D eigenvalue weighted by Crippen LogP contribution is -2.26. The van der Waals surface area contributed by atoms with E-state index in [4.69, 9.17) is 4.74 Å². The minimum Gasteiger partial charge on any atom is -0.491 e. The Bertz CT molecular complexity index is 487. The zero-order valence-corrected chi connectivity index (χ0v) is 12.6. The van der Waals surface area contributed by atoms with Crippen LogP contribution in [0.25, 0.3) is 0 Å². The molecule has 4 heteroatoms. The largest absolute Gasteiger partial charge is 0.491 e. The third kappa shape index (κ3) is 5.08. The van der Waals surface area contributed by atoms with Gasteiger partial charge in [-0.1, -0.05) is 18.2 Å². The van der Waals surface area contributed by atoms with Crippen LogP contribution in [0, 0.1) is 3.57 Å². The molecule has 0 spiro atoms. The van der Waals surface area contributed by atoms with Crippen LogP contribution < -0.4 is 10.1 Å². The van der Waals surface area contributed by atoms with Crippen molar-refractivity contribution in [1.82, 2.24) is 0 Å². The molecule has 0 aliphatic rings. The van der Waals surface area contributed by atoms with E-state index in [1.807, 2.05) is 54.6 Å². The van der Waals surface area contributed by atoms with Gasteiger partial charge in [0.25, 0.3) is 0 Å². The number of benzene rings is 2. The highest BCUT2D eigenvalue weighted by Crippen LogP contribution is 2.13. The number of para-hydroxylation sites is 1. The van der Waals surface area contributed by atoms with Gasteiger partial charge in [0.2, 0.25) is 0 Å². The van der Waals surface area contributed by atoms with Crippen molar-refractivity contribution < 1.29 is 9.84 Å². The molecule has 2 aromatic rings. The van der Waals surface area contributed by atoms with Gasteiger partial charge in [-0.3, -0.25) is 0 Å². The maximum atomic E-state index is 9.84. The smallest absolute Gasteiger partial charge is 0.119 e. The van der Waals surface area contributed by atoms with Crippen LogP contribution in [0.1, 0.15) is 0 Å². The highest BCUT2D eigenvalue weighted by Gasteiger charge is 2.05. The summed E-state index contributed by atoms with van der Waals surface area (Å²) in [5.74, 6) is 0.777. The summed E-state index contributed by atoms with van der Waals surface area (Å²) in [5, 5.41) is 13.0. The molecule has 0 saturated carbocycles. The van der Waals surface area contributed by atoms with Crippen molar-refractivity contribution in [3.63, 3.8) is 0 Å². The minimum absolute atomic E-state index is 0.278. The second-order valence-corrected chi connectivity index (χ2v) is 5.41. The van der Waals surface area contributed by atoms with Crippen molar-refractivity contribution in [3.05, 3.63) is 58.2 Å². The fraction of sp³-hybridized carbons (Fsp3) is 0.200. The number of hydrogen-bond acceptors (Lipinski definition) is 3. The number of aliphatic hydroxyl groups excluding tert-OH is 1. The molecule has 2 rings (SSSR count). The number of halogens is 1. The molecule has 2 aromatic carbocycles. The van der Waals surface area contributed by atoms with Gasteiger partial charge in [-0.15, -0.1) is 0 Å². The molecule has 100 valence electrons. The molecule has 0 bridgehead atoms. The molecule has 0 radical (unpaired) electrons. The first-order valence-electron chi connectivity index (χ1n) is 6.09. The van der Waals surface area contributed by atoms with Gasteiger partial charge in [-0.05, 0) is 59.0 Å². The van der Waals surface area contributed by atoms with Crippen LogP contribution in [-0.2, 0) is 0 Å². The van der Waals surface area contributed by atoms with Gasteiger partial charge >= 0.3 is 0 Å². The van der Waals surface area contributed by atoms with Gasteiger partial charge < -0.3 is 15.2 Å². The summed E-state index contributed by atoms with van der Waals surface area (Å²) in [5.41, 5.74) is 0.996. The van der Waals surface area contributed by atoms with Crippen molar-refractivity contribution in [1.29, 1.82) is 0 Å². The lowest BCUT2D eigenvalue weighted by Gasteiger charge is -2.14. The summed E-state index contributed by atoms with van der Waals surface area (Å²) in [4.78, 5) is 0. The molecule has 0 heterocycles. The Balaban J connectivity index is 1.72. The third-order valence-electron chi connectivity index (χ3n) is 2.57. The topological polar surface area (TPSA) is 41.5 Å². The molecular formula is C15H16INO2. The second kappa shape index (κ2) is 7.35. The number of aliphatic hydroxyl groups is 1. The Labute approximate surface area is 126 Å². The maximum Gasteiger partial charge on any atom is 0.119 e. The first-order valence-corrected chi connectivity index (χ1v) is 7.17. The molecule has 0 aliphatic carbocycles. The number of hydrogen-bond donors (Lipinski definition) is 2. The van der Waals surface area contributed by atoms with E-state index >= 15 is 0 Å². The molecule has 2 N–H and O–H groups in total. The van der Waals surface area contributed by atoms with Crippen molar-refractivity contribution in [3.8, 4) is 5.75 Å². The summed E-state index contributed by atoms with van der Waals surface area (Å²) >= 11 is 2.24. The highest BCUT2D eigenvalue weighted by molar-refractivity contribution is 14.1. The van der Waals surface area contributed by atoms with Crippen molar-refractivity contribution in [2.75, 3.05) is 18.5 Å². The maximum absolute atomic E-state index is 9.84. The van der Waals surface area contributed by atoms with Crippen molar-refractivity contribution in [2.45, 2.75) is 6.10 Å². The predicted molar refractivity (Wildman–Crippen MR) is 85.6 cm³/mol. The Morgan fingerprint density at radius 1 is 1.05 bits per heavy atom. The van der Waals surface area contributed by atoms with Crippen molar-refractivity contribution in [2.24, 2.45) is 0 Å². The predicted octanol–water partition coefficient (Wildman–Crippen LogP) is 3.14. The Morgan fingerprint density at radius 2 is 1.74 bits per heavy atom. The average Bonchev–Trinajstić information content (AvgIpc) is 2.45. The SMILES string of the molecule is OC(CNc1ccccc1)COc1ccc(I)cc1. The van der Waals surface area contributed by atoms with Crippen LogP contribution >= 0.6 is 22.6 Å². The number of nitrogens with one attached hydrogen (secondary N) is 1. The van der Waals surface area contributed by atoms with Crippen molar-refractivity contribution >= 4 is 28.3 Å². The lowest BCUT2D eigenvalue weighted by molar-refractivity contribution is 0.117.